The van der Waals surface area contributed by atoms with Gasteiger partial charge >= 0.3 is 12.2 Å². The summed E-state index contributed by atoms with van der Waals surface area (Å²) in [6.45, 7) is 0.301. The van der Waals surface area contributed by atoms with E-state index in [1.807, 2.05) is 0 Å². The summed E-state index contributed by atoms with van der Waals surface area (Å²) in [5.41, 5.74) is 1.11. The van der Waals surface area contributed by atoms with Crippen LogP contribution in [0.3, 0.4) is 0 Å². The normalized spacial score (nSPS) is 16.1. The van der Waals surface area contributed by atoms with Gasteiger partial charge in [-0.2, -0.15) is 13.2 Å². The molecule has 1 aromatic heterocycles. The first-order valence-corrected chi connectivity index (χ1v) is 12.3. The highest BCUT2D eigenvalue weighted by Crippen LogP contribution is 2.49. The van der Waals surface area contributed by atoms with Gasteiger partial charge in [0.1, 0.15) is 11.6 Å². The number of rotatable bonds is 4. The Labute approximate surface area is 228 Å². The van der Waals surface area contributed by atoms with Crippen LogP contribution in [0.5, 0.6) is 0 Å². The van der Waals surface area contributed by atoms with Crippen molar-refractivity contribution in [1.82, 2.24) is 15.3 Å². The zero-order chi connectivity index (χ0) is 28.3. The third-order valence-electron chi connectivity index (χ3n) is 6.89. The number of urea groups is 1. The number of nitrogens with zero attached hydrogens (tertiary/aromatic N) is 2. The molecule has 3 aromatic carbocycles. The van der Waals surface area contributed by atoms with Crippen molar-refractivity contribution in [3.05, 3.63) is 99.5 Å². The van der Waals surface area contributed by atoms with Crippen LogP contribution in [0.4, 0.5) is 38.1 Å². The van der Waals surface area contributed by atoms with E-state index >= 15 is 0 Å². The second kappa shape index (κ2) is 9.33. The number of benzene rings is 3. The van der Waals surface area contributed by atoms with Gasteiger partial charge in [0.2, 0.25) is 0 Å². The van der Waals surface area contributed by atoms with Gasteiger partial charge in [-0.1, -0.05) is 11.6 Å². The number of aromatic amines is 1. The van der Waals surface area contributed by atoms with Gasteiger partial charge in [0, 0.05) is 39.5 Å². The number of aromatic nitrogens is 2. The molecule has 13 heteroatoms. The molecule has 7 nitrogen and oxygen atoms in total. The van der Waals surface area contributed by atoms with Crippen molar-refractivity contribution in [3.8, 4) is 11.3 Å². The van der Waals surface area contributed by atoms with Crippen molar-refractivity contribution in [2.45, 2.75) is 18.6 Å². The number of hydrogen-bond donors (Lipinski definition) is 3. The van der Waals surface area contributed by atoms with Crippen LogP contribution in [0, 0.1) is 11.6 Å². The summed E-state index contributed by atoms with van der Waals surface area (Å²) in [6, 6.07) is 5.25. The molecule has 0 fully saturated rings. The third-order valence-corrected chi connectivity index (χ3v) is 7.24. The van der Waals surface area contributed by atoms with Crippen molar-refractivity contribution >= 4 is 34.9 Å². The van der Waals surface area contributed by atoms with Crippen LogP contribution in [0.2, 0.25) is 5.02 Å². The second-order valence-corrected chi connectivity index (χ2v) is 9.72. The number of amides is 3. The number of alkyl halides is 3. The highest BCUT2D eigenvalue weighted by atomic mass is 35.5. The number of imidazole rings is 1. The molecule has 0 saturated heterocycles. The fourth-order valence-corrected chi connectivity index (χ4v) is 5.41. The lowest BCUT2D eigenvalue weighted by molar-refractivity contribution is -0.137. The van der Waals surface area contributed by atoms with Gasteiger partial charge in [-0.15, -0.1) is 0 Å². The van der Waals surface area contributed by atoms with E-state index in [1.165, 1.54) is 17.3 Å². The summed E-state index contributed by atoms with van der Waals surface area (Å²) < 4.78 is 68.4. The number of carbonyl (C=O) groups excluding carboxylic acids is 2. The van der Waals surface area contributed by atoms with Crippen molar-refractivity contribution in [3.63, 3.8) is 0 Å². The van der Waals surface area contributed by atoms with Crippen LogP contribution >= 0.6 is 11.6 Å². The molecule has 2 aliphatic heterocycles. The van der Waals surface area contributed by atoms with E-state index in [0.29, 0.717) is 53.7 Å². The lowest BCUT2D eigenvalue weighted by Crippen LogP contribution is -2.46. The average molecular weight is 574 g/mol. The first-order chi connectivity index (χ1) is 19.0. The zero-order valence-corrected chi connectivity index (χ0v) is 20.9. The Bertz CT molecular complexity index is 1690. The maximum atomic E-state index is 14.3. The Hall–Kier alpha value is -4.45. The number of hydrogen-bond acceptors (Lipinski definition) is 3. The van der Waals surface area contributed by atoms with E-state index in [0.717, 1.165) is 17.7 Å². The van der Waals surface area contributed by atoms with E-state index in [2.05, 4.69) is 20.6 Å². The molecule has 40 heavy (non-hydrogen) atoms. The molecule has 1 unspecified atom stereocenters. The largest absolute Gasteiger partial charge is 0.416 e. The maximum absolute atomic E-state index is 14.3. The standard InChI is InChI=1S/C27H17ClF5N5O2/c28-19-2-1-14(29)8-18(19)23-22-20(36-25(39)12-5-13(27(31,32)33)7-15(30)6-12)9-17(21-10-34-11-35-21)16-3-4-38(24(16)22)26(40)37-23/h1-2,5-11,23H,3-4H2,(H,34,35)(H,36,39)(H,37,40). The van der Waals surface area contributed by atoms with E-state index in [4.69, 9.17) is 11.6 Å². The average Bonchev–Trinajstić information content (AvgIpc) is 3.59. The van der Waals surface area contributed by atoms with Gasteiger partial charge in [0.25, 0.3) is 5.91 Å². The zero-order valence-electron chi connectivity index (χ0n) is 20.2. The van der Waals surface area contributed by atoms with E-state index in [1.54, 1.807) is 12.3 Å². The topological polar surface area (TPSA) is 90.1 Å². The predicted octanol–water partition coefficient (Wildman–Crippen LogP) is 6.45. The summed E-state index contributed by atoms with van der Waals surface area (Å²) in [4.78, 5) is 34.9. The molecule has 3 heterocycles. The molecule has 6 rings (SSSR count). The summed E-state index contributed by atoms with van der Waals surface area (Å²) in [5, 5.41) is 5.53. The first-order valence-electron chi connectivity index (χ1n) is 11.9. The van der Waals surface area contributed by atoms with E-state index in [-0.39, 0.29) is 16.3 Å². The van der Waals surface area contributed by atoms with Gasteiger partial charge in [0.15, 0.2) is 0 Å². The van der Waals surface area contributed by atoms with Crippen molar-refractivity contribution in [2.24, 2.45) is 0 Å². The second-order valence-electron chi connectivity index (χ2n) is 9.31. The van der Waals surface area contributed by atoms with Gasteiger partial charge in [-0.25, -0.2) is 18.6 Å². The van der Waals surface area contributed by atoms with Crippen LogP contribution in [0.1, 0.15) is 38.7 Å². The summed E-state index contributed by atoms with van der Waals surface area (Å²) >= 11 is 6.40. The number of halogens is 6. The quantitative estimate of drug-likeness (QED) is 0.245. The minimum absolute atomic E-state index is 0.100. The van der Waals surface area contributed by atoms with Crippen LogP contribution < -0.4 is 15.5 Å². The van der Waals surface area contributed by atoms with Crippen LogP contribution in [-0.4, -0.2) is 28.5 Å². The molecule has 3 N–H and O–H groups in total. The number of anilines is 2. The fraction of sp³-hybridized carbons (Fsp3) is 0.148. The van der Waals surface area contributed by atoms with E-state index in [9.17, 15) is 31.5 Å². The molecule has 0 spiro atoms. The van der Waals surface area contributed by atoms with Crippen LogP contribution in [0.25, 0.3) is 11.3 Å². The Morgan fingerprint density at radius 2 is 1.90 bits per heavy atom. The molecule has 0 saturated carbocycles. The minimum Gasteiger partial charge on any atom is -0.345 e. The number of H-pyrrole nitrogens is 1. The number of nitrogens with one attached hydrogen (secondary N) is 3. The van der Waals surface area contributed by atoms with Gasteiger partial charge in [-0.3, -0.25) is 9.69 Å². The van der Waals surface area contributed by atoms with Gasteiger partial charge in [-0.05, 0) is 54.4 Å². The molecule has 0 aliphatic carbocycles. The lowest BCUT2D eigenvalue weighted by atomic mass is 9.88. The Balaban J connectivity index is 1.55. The predicted molar refractivity (Wildman–Crippen MR) is 136 cm³/mol. The molecule has 0 bridgehead atoms. The molecule has 4 aromatic rings. The highest BCUT2D eigenvalue weighted by molar-refractivity contribution is 6.31. The molecule has 1 atom stereocenters. The molecule has 204 valence electrons. The van der Waals surface area contributed by atoms with Crippen LogP contribution in [-0.2, 0) is 12.6 Å². The third kappa shape index (κ3) is 4.34. The monoisotopic (exact) mass is 573 g/mol. The Morgan fingerprint density at radius 1 is 1.10 bits per heavy atom. The number of carbonyl (C=O) groups is 2. The summed E-state index contributed by atoms with van der Waals surface area (Å²) in [7, 11) is 0. The summed E-state index contributed by atoms with van der Waals surface area (Å²) in [6.07, 6.45) is -1.45. The SMILES string of the molecule is O=C(Nc1cc(-c2cnc[nH]2)c2c3c1C(c1cc(F)ccc1Cl)NC(=O)N3CC2)c1cc(F)cc(C(F)(F)F)c1. The molecule has 3 amide bonds. The highest BCUT2D eigenvalue weighted by Gasteiger charge is 2.41. The van der Waals surface area contributed by atoms with Gasteiger partial charge < -0.3 is 15.6 Å². The fourth-order valence-electron chi connectivity index (χ4n) is 5.19. The van der Waals surface area contributed by atoms with E-state index < -0.39 is 46.9 Å². The lowest BCUT2D eigenvalue weighted by Gasteiger charge is -2.35. The Kier molecular flexibility index (Phi) is 6.02. The Morgan fingerprint density at radius 3 is 2.62 bits per heavy atom. The maximum Gasteiger partial charge on any atom is 0.416 e. The van der Waals surface area contributed by atoms with Gasteiger partial charge in [0.05, 0.1) is 35.5 Å². The molecule has 2 aliphatic rings. The minimum atomic E-state index is -4.88. The smallest absolute Gasteiger partial charge is 0.345 e. The first kappa shape index (κ1) is 25.8. The molecule has 0 radical (unpaired) electrons. The van der Waals surface area contributed by atoms with Crippen molar-refractivity contribution in [1.29, 1.82) is 0 Å². The van der Waals surface area contributed by atoms with Crippen molar-refractivity contribution in [2.75, 3.05) is 16.8 Å². The molecular formula is C27H17ClF5N5O2. The van der Waals surface area contributed by atoms with Crippen molar-refractivity contribution < 1.29 is 31.5 Å². The molecular weight excluding hydrogens is 557 g/mol. The van der Waals surface area contributed by atoms with Crippen LogP contribution in [0.15, 0.2) is 55.0 Å². The summed E-state index contributed by atoms with van der Waals surface area (Å²) in [5.74, 6) is -2.88.